The van der Waals surface area contributed by atoms with Gasteiger partial charge < -0.3 is 15.4 Å². The molecule has 0 saturated carbocycles. The number of rotatable bonds is 6. The third kappa shape index (κ3) is 6.04. The monoisotopic (exact) mass is 525 g/mol. The summed E-state index contributed by atoms with van der Waals surface area (Å²) in [7, 11) is 2.86. The molecule has 0 aliphatic carbocycles. The van der Waals surface area contributed by atoms with Gasteiger partial charge in [0, 0.05) is 30.1 Å². The molecule has 0 aliphatic heterocycles. The van der Waals surface area contributed by atoms with Gasteiger partial charge in [-0.25, -0.2) is 14.5 Å². The molecule has 0 atom stereocenters. The fraction of sp³-hybridized carbons (Fsp3) is 0.233. The van der Waals surface area contributed by atoms with Crippen molar-refractivity contribution >= 4 is 29.1 Å². The van der Waals surface area contributed by atoms with Gasteiger partial charge >= 0.3 is 5.97 Å². The number of benzene rings is 2. The van der Waals surface area contributed by atoms with E-state index >= 15 is 0 Å². The van der Waals surface area contributed by atoms with Crippen LogP contribution in [0.2, 0.25) is 0 Å². The molecular formula is C30H31N5O4. The van der Waals surface area contributed by atoms with Crippen LogP contribution in [0, 0.1) is 6.92 Å². The Kier molecular flexibility index (Phi) is 7.62. The second-order valence-electron chi connectivity index (χ2n) is 10.2. The van der Waals surface area contributed by atoms with Crippen molar-refractivity contribution in [3.05, 3.63) is 99.5 Å². The first kappa shape index (κ1) is 27.3. The van der Waals surface area contributed by atoms with Crippen LogP contribution in [0.1, 0.15) is 52.6 Å². The highest BCUT2D eigenvalue weighted by Gasteiger charge is 2.17. The molecule has 2 aromatic heterocycles. The SMILES string of the molecule is COC(=O)c1ccc(Nc2cc(-c3cccc(NC(=O)c4ccc(C(C)(C)C)cc4)c3C)nn(C)c2=O)nc1. The Balaban J connectivity index is 1.60. The fourth-order valence-electron chi connectivity index (χ4n) is 4.04. The van der Waals surface area contributed by atoms with Gasteiger partial charge in [-0.3, -0.25) is 9.59 Å². The first-order valence-corrected chi connectivity index (χ1v) is 12.4. The number of nitrogens with one attached hydrogen (secondary N) is 2. The highest BCUT2D eigenvalue weighted by Crippen LogP contribution is 2.29. The van der Waals surface area contributed by atoms with Crippen LogP contribution < -0.4 is 16.2 Å². The molecule has 9 heteroatoms. The predicted octanol–water partition coefficient (Wildman–Crippen LogP) is 5.23. The average molecular weight is 526 g/mol. The molecule has 0 fully saturated rings. The van der Waals surface area contributed by atoms with Crippen LogP contribution in [0.25, 0.3) is 11.3 Å². The van der Waals surface area contributed by atoms with E-state index in [4.69, 9.17) is 4.74 Å². The number of aryl methyl sites for hydroxylation is 1. The summed E-state index contributed by atoms with van der Waals surface area (Å²) in [5, 5.41) is 10.4. The van der Waals surface area contributed by atoms with Gasteiger partial charge in [-0.2, -0.15) is 5.10 Å². The molecule has 1 amide bonds. The Hall–Kier alpha value is -4.79. The van der Waals surface area contributed by atoms with Crippen LogP contribution in [0.4, 0.5) is 17.2 Å². The van der Waals surface area contributed by atoms with E-state index < -0.39 is 5.97 Å². The topological polar surface area (TPSA) is 115 Å². The third-order valence-electron chi connectivity index (χ3n) is 6.38. The predicted molar refractivity (Wildman–Crippen MR) is 152 cm³/mol. The number of ether oxygens (including phenoxy) is 1. The van der Waals surface area contributed by atoms with Gasteiger partial charge in [-0.1, -0.05) is 45.0 Å². The largest absolute Gasteiger partial charge is 0.465 e. The maximum atomic E-state index is 13.0. The quantitative estimate of drug-likeness (QED) is 0.331. The Morgan fingerprint density at radius 1 is 0.949 bits per heavy atom. The maximum absolute atomic E-state index is 13.0. The molecule has 2 aromatic carbocycles. The van der Waals surface area contributed by atoms with Crippen LogP contribution in [-0.2, 0) is 17.2 Å². The molecule has 4 aromatic rings. The van der Waals surface area contributed by atoms with Crippen molar-refractivity contribution in [2.75, 3.05) is 17.7 Å². The van der Waals surface area contributed by atoms with Gasteiger partial charge in [0.05, 0.1) is 18.4 Å². The first-order chi connectivity index (χ1) is 18.5. The number of hydrogen-bond acceptors (Lipinski definition) is 7. The number of aromatic nitrogens is 3. The molecule has 0 radical (unpaired) electrons. The van der Waals surface area contributed by atoms with E-state index in [0.29, 0.717) is 28.3 Å². The molecule has 9 nitrogen and oxygen atoms in total. The highest BCUT2D eigenvalue weighted by atomic mass is 16.5. The Morgan fingerprint density at radius 3 is 2.26 bits per heavy atom. The molecule has 0 unspecified atom stereocenters. The lowest BCUT2D eigenvalue weighted by Gasteiger charge is -2.19. The minimum atomic E-state index is -0.500. The fourth-order valence-corrected chi connectivity index (χ4v) is 4.04. The van der Waals surface area contributed by atoms with Crippen LogP contribution in [-0.4, -0.2) is 33.8 Å². The van der Waals surface area contributed by atoms with Gasteiger partial charge in [-0.05, 0) is 59.9 Å². The van der Waals surface area contributed by atoms with Crippen molar-refractivity contribution in [3.63, 3.8) is 0 Å². The van der Waals surface area contributed by atoms with Crippen molar-refractivity contribution in [3.8, 4) is 11.3 Å². The summed E-state index contributed by atoms with van der Waals surface area (Å²) in [4.78, 5) is 41.7. The van der Waals surface area contributed by atoms with Crippen LogP contribution in [0.5, 0.6) is 0 Å². The molecule has 0 bridgehead atoms. The van der Waals surface area contributed by atoms with Crippen molar-refractivity contribution < 1.29 is 14.3 Å². The van der Waals surface area contributed by atoms with E-state index in [1.807, 2.05) is 49.4 Å². The average Bonchev–Trinajstić information content (AvgIpc) is 2.92. The Morgan fingerprint density at radius 2 is 1.64 bits per heavy atom. The zero-order valence-corrected chi connectivity index (χ0v) is 22.8. The lowest BCUT2D eigenvalue weighted by molar-refractivity contribution is 0.0600. The number of esters is 1. The van der Waals surface area contributed by atoms with Crippen LogP contribution in [0.15, 0.2) is 71.7 Å². The van der Waals surface area contributed by atoms with E-state index in [1.165, 1.54) is 18.0 Å². The molecule has 4 rings (SSSR count). The summed E-state index contributed by atoms with van der Waals surface area (Å²) in [6.07, 6.45) is 1.37. The molecule has 0 spiro atoms. The van der Waals surface area contributed by atoms with Crippen molar-refractivity contribution in [2.45, 2.75) is 33.1 Å². The van der Waals surface area contributed by atoms with E-state index in [1.54, 1.807) is 25.2 Å². The standard InChI is InChI=1S/C30H31N5O4/c1-18-22(8-7-9-23(18)33-27(36)19-10-13-21(14-11-19)30(2,3)4)24-16-25(28(37)35(5)34-24)32-26-15-12-20(17-31-26)29(38)39-6/h7-17H,1-6H3,(H,31,32)(H,33,36). The third-order valence-corrected chi connectivity index (χ3v) is 6.38. The summed E-state index contributed by atoms with van der Waals surface area (Å²) in [6, 6.07) is 17.9. The molecule has 0 aliphatic rings. The second kappa shape index (κ2) is 10.9. The Bertz CT molecular complexity index is 1580. The number of amides is 1. The summed E-state index contributed by atoms with van der Waals surface area (Å²) < 4.78 is 5.93. The number of carbonyl (C=O) groups excluding carboxylic acids is 2. The molecule has 2 heterocycles. The zero-order chi connectivity index (χ0) is 28.3. The summed E-state index contributed by atoms with van der Waals surface area (Å²) >= 11 is 0. The summed E-state index contributed by atoms with van der Waals surface area (Å²) in [5.41, 5.74) is 4.65. The summed E-state index contributed by atoms with van der Waals surface area (Å²) in [5.74, 6) is -0.333. The molecule has 0 saturated heterocycles. The molecular weight excluding hydrogens is 494 g/mol. The highest BCUT2D eigenvalue weighted by molar-refractivity contribution is 6.05. The number of methoxy groups -OCH3 is 1. The van der Waals surface area contributed by atoms with Gasteiger partial charge in [0.2, 0.25) is 0 Å². The van der Waals surface area contributed by atoms with Crippen molar-refractivity contribution in [1.82, 2.24) is 14.8 Å². The van der Waals surface area contributed by atoms with E-state index in [2.05, 4.69) is 41.5 Å². The second-order valence-corrected chi connectivity index (χ2v) is 10.2. The molecule has 39 heavy (non-hydrogen) atoms. The van der Waals surface area contributed by atoms with Crippen molar-refractivity contribution in [1.29, 1.82) is 0 Å². The normalized spacial score (nSPS) is 11.1. The van der Waals surface area contributed by atoms with E-state index in [-0.39, 0.29) is 22.6 Å². The number of anilines is 3. The van der Waals surface area contributed by atoms with E-state index in [0.717, 1.165) is 16.7 Å². The van der Waals surface area contributed by atoms with Gasteiger partial charge in [0.1, 0.15) is 11.5 Å². The minimum absolute atomic E-state index is 0.00100. The zero-order valence-electron chi connectivity index (χ0n) is 22.8. The van der Waals surface area contributed by atoms with Crippen LogP contribution in [0.3, 0.4) is 0 Å². The van der Waals surface area contributed by atoms with Crippen LogP contribution >= 0.6 is 0 Å². The van der Waals surface area contributed by atoms with Gasteiger partial charge in [0.25, 0.3) is 11.5 Å². The van der Waals surface area contributed by atoms with E-state index in [9.17, 15) is 14.4 Å². The molecule has 2 N–H and O–H groups in total. The summed E-state index contributed by atoms with van der Waals surface area (Å²) in [6.45, 7) is 8.27. The first-order valence-electron chi connectivity index (χ1n) is 12.4. The maximum Gasteiger partial charge on any atom is 0.339 e. The molecule has 200 valence electrons. The number of carbonyl (C=O) groups is 2. The van der Waals surface area contributed by atoms with Crippen molar-refractivity contribution in [2.24, 2.45) is 7.05 Å². The number of pyridine rings is 1. The number of hydrogen-bond donors (Lipinski definition) is 2. The minimum Gasteiger partial charge on any atom is -0.465 e. The van der Waals surface area contributed by atoms with Gasteiger partial charge in [0.15, 0.2) is 0 Å². The smallest absolute Gasteiger partial charge is 0.339 e. The Labute approximate surface area is 226 Å². The van der Waals surface area contributed by atoms with Gasteiger partial charge in [-0.15, -0.1) is 0 Å². The lowest BCUT2D eigenvalue weighted by Crippen LogP contribution is -2.23. The number of nitrogens with zero attached hydrogens (tertiary/aromatic N) is 3. The lowest BCUT2D eigenvalue weighted by atomic mass is 9.86.